The fourth-order valence-electron chi connectivity index (χ4n) is 1.57. The summed E-state index contributed by atoms with van der Waals surface area (Å²) in [5, 5.41) is 0. The van der Waals surface area contributed by atoms with Gasteiger partial charge in [0.1, 0.15) is 6.61 Å². The first-order valence-electron chi connectivity index (χ1n) is 5.23. The van der Waals surface area contributed by atoms with E-state index in [2.05, 4.69) is 50.7 Å². The molecule has 0 fully saturated rings. The average Bonchev–Trinajstić information content (AvgIpc) is 2.64. The van der Waals surface area contributed by atoms with Gasteiger partial charge in [0.05, 0.1) is 6.04 Å². The lowest BCUT2D eigenvalue weighted by atomic mass is 10.1. The van der Waals surface area contributed by atoms with Crippen molar-refractivity contribution in [2.75, 3.05) is 6.61 Å². The maximum absolute atomic E-state index is 5.63. The lowest BCUT2D eigenvalue weighted by molar-refractivity contribution is 0.292. The van der Waals surface area contributed by atoms with Crippen LogP contribution in [0.2, 0.25) is 0 Å². The quantitative estimate of drug-likeness (QED) is 0.792. The van der Waals surface area contributed by atoms with Crippen molar-refractivity contribution < 1.29 is 4.74 Å². The van der Waals surface area contributed by atoms with Gasteiger partial charge in [-0.2, -0.15) is 0 Å². The molecule has 0 amide bonds. The summed E-state index contributed by atoms with van der Waals surface area (Å²) in [7, 11) is 0. The molecule has 1 heterocycles. The minimum Gasteiger partial charge on any atom is -0.475 e. The molecule has 1 aromatic carbocycles. The van der Waals surface area contributed by atoms with E-state index in [1.165, 1.54) is 0 Å². The topological polar surface area (TPSA) is 21.6 Å². The smallest absolute Gasteiger partial charge is 0.216 e. The number of halogens is 2. The molecule has 0 aromatic heterocycles. The first kappa shape index (κ1) is 12.1. The highest BCUT2D eigenvalue weighted by atomic mass is 79.9. The Morgan fingerprint density at radius 2 is 1.88 bits per heavy atom. The van der Waals surface area contributed by atoms with Crippen molar-refractivity contribution in [3.05, 3.63) is 32.7 Å². The monoisotopic (exact) mass is 345 g/mol. The summed E-state index contributed by atoms with van der Waals surface area (Å²) in [5.74, 6) is 1.27. The van der Waals surface area contributed by atoms with Gasteiger partial charge in [-0.1, -0.05) is 45.7 Å². The highest BCUT2D eigenvalue weighted by molar-refractivity contribution is 9.11. The SMILES string of the molecule is CC(C)[C@@H]1COC(c2cc(Br)cc(Br)c2)=N1. The minimum absolute atomic E-state index is 0.285. The molecule has 1 atom stereocenters. The Balaban J connectivity index is 2.28. The Labute approximate surface area is 112 Å². The largest absolute Gasteiger partial charge is 0.475 e. The van der Waals surface area contributed by atoms with Gasteiger partial charge in [-0.3, -0.25) is 0 Å². The molecule has 2 rings (SSSR count). The van der Waals surface area contributed by atoms with Gasteiger partial charge in [0.25, 0.3) is 0 Å². The molecule has 4 heteroatoms. The Hall–Kier alpha value is -0.350. The van der Waals surface area contributed by atoms with E-state index >= 15 is 0 Å². The van der Waals surface area contributed by atoms with Gasteiger partial charge in [0, 0.05) is 14.5 Å². The number of ether oxygens (including phenoxy) is 1. The Morgan fingerprint density at radius 1 is 1.25 bits per heavy atom. The summed E-state index contributed by atoms with van der Waals surface area (Å²) >= 11 is 6.93. The first-order valence-corrected chi connectivity index (χ1v) is 6.82. The molecule has 0 unspecified atom stereocenters. The standard InChI is InChI=1S/C12H13Br2NO/c1-7(2)11-6-16-12(15-11)8-3-9(13)5-10(14)4-8/h3-5,7,11H,6H2,1-2H3/t11-/m0/s1. The number of rotatable bonds is 2. The van der Waals surface area contributed by atoms with E-state index in [-0.39, 0.29) is 6.04 Å². The van der Waals surface area contributed by atoms with Crippen LogP contribution >= 0.6 is 31.9 Å². The van der Waals surface area contributed by atoms with Crippen molar-refractivity contribution in [3.8, 4) is 0 Å². The van der Waals surface area contributed by atoms with Crippen LogP contribution in [-0.4, -0.2) is 18.5 Å². The number of benzene rings is 1. The number of hydrogen-bond donors (Lipinski definition) is 0. The maximum Gasteiger partial charge on any atom is 0.216 e. The summed E-state index contributed by atoms with van der Waals surface area (Å²) in [6, 6.07) is 6.32. The van der Waals surface area contributed by atoms with Gasteiger partial charge in [-0.05, 0) is 24.1 Å². The van der Waals surface area contributed by atoms with Crippen LogP contribution in [0, 0.1) is 5.92 Å². The van der Waals surface area contributed by atoms with E-state index in [0.717, 1.165) is 20.4 Å². The van der Waals surface area contributed by atoms with Crippen LogP contribution in [0.4, 0.5) is 0 Å². The Kier molecular flexibility index (Phi) is 3.70. The van der Waals surface area contributed by atoms with Gasteiger partial charge >= 0.3 is 0 Å². The molecule has 0 spiro atoms. The van der Waals surface area contributed by atoms with Gasteiger partial charge in [-0.15, -0.1) is 0 Å². The van der Waals surface area contributed by atoms with Crippen molar-refractivity contribution >= 4 is 37.8 Å². The van der Waals surface area contributed by atoms with E-state index in [1.807, 2.05) is 18.2 Å². The van der Waals surface area contributed by atoms with Crippen molar-refractivity contribution in [1.29, 1.82) is 0 Å². The van der Waals surface area contributed by atoms with Crippen molar-refractivity contribution in [2.45, 2.75) is 19.9 Å². The van der Waals surface area contributed by atoms with Crippen LogP contribution in [0.1, 0.15) is 19.4 Å². The molecule has 16 heavy (non-hydrogen) atoms. The number of aliphatic imine (C=N–C) groups is 1. The third-order valence-electron chi connectivity index (χ3n) is 2.55. The molecule has 0 radical (unpaired) electrons. The summed E-state index contributed by atoms with van der Waals surface area (Å²) in [6.07, 6.45) is 0. The summed E-state index contributed by atoms with van der Waals surface area (Å²) < 4.78 is 7.68. The summed E-state index contributed by atoms with van der Waals surface area (Å²) in [6.45, 7) is 5.02. The predicted molar refractivity (Wildman–Crippen MR) is 73.0 cm³/mol. The first-order chi connectivity index (χ1) is 7.56. The van der Waals surface area contributed by atoms with Gasteiger partial charge in [-0.25, -0.2) is 4.99 Å². The third kappa shape index (κ3) is 2.66. The third-order valence-corrected chi connectivity index (χ3v) is 3.47. The molecule has 0 bridgehead atoms. The van der Waals surface area contributed by atoms with E-state index in [4.69, 9.17) is 4.74 Å². The zero-order chi connectivity index (χ0) is 11.7. The second-order valence-electron chi connectivity index (χ2n) is 4.21. The van der Waals surface area contributed by atoms with E-state index < -0.39 is 0 Å². The van der Waals surface area contributed by atoms with Gasteiger partial charge in [0.2, 0.25) is 5.90 Å². The Morgan fingerprint density at radius 3 is 2.38 bits per heavy atom. The Bertz CT molecular complexity index is 409. The highest BCUT2D eigenvalue weighted by Crippen LogP contribution is 2.24. The fraction of sp³-hybridized carbons (Fsp3) is 0.417. The molecule has 1 aliphatic rings. The second kappa shape index (κ2) is 4.88. The normalized spacial score (nSPS) is 19.8. The fourth-order valence-corrected chi connectivity index (χ4v) is 2.86. The summed E-state index contributed by atoms with van der Waals surface area (Å²) in [4.78, 5) is 4.59. The number of hydrogen-bond acceptors (Lipinski definition) is 2. The molecule has 0 saturated heterocycles. The lowest BCUT2D eigenvalue weighted by Gasteiger charge is -2.06. The van der Waals surface area contributed by atoms with Crippen LogP contribution in [-0.2, 0) is 4.74 Å². The number of nitrogens with zero attached hydrogens (tertiary/aromatic N) is 1. The molecular formula is C12H13Br2NO. The molecule has 2 nitrogen and oxygen atoms in total. The molecule has 0 saturated carbocycles. The van der Waals surface area contributed by atoms with E-state index in [9.17, 15) is 0 Å². The van der Waals surface area contributed by atoms with Gasteiger partial charge in [0.15, 0.2) is 0 Å². The molecule has 1 aliphatic heterocycles. The van der Waals surface area contributed by atoms with Gasteiger partial charge < -0.3 is 4.74 Å². The van der Waals surface area contributed by atoms with Crippen LogP contribution in [0.5, 0.6) is 0 Å². The zero-order valence-electron chi connectivity index (χ0n) is 9.21. The molecule has 0 N–H and O–H groups in total. The lowest BCUT2D eigenvalue weighted by Crippen LogP contribution is -2.13. The highest BCUT2D eigenvalue weighted by Gasteiger charge is 2.22. The molecule has 1 aromatic rings. The van der Waals surface area contributed by atoms with Crippen LogP contribution in [0.25, 0.3) is 0 Å². The average molecular weight is 347 g/mol. The maximum atomic E-state index is 5.63. The van der Waals surface area contributed by atoms with Crippen molar-refractivity contribution in [2.24, 2.45) is 10.9 Å². The van der Waals surface area contributed by atoms with Crippen molar-refractivity contribution in [3.63, 3.8) is 0 Å². The zero-order valence-corrected chi connectivity index (χ0v) is 12.4. The molecule has 86 valence electrons. The van der Waals surface area contributed by atoms with E-state index in [1.54, 1.807) is 0 Å². The second-order valence-corrected chi connectivity index (χ2v) is 6.05. The molecule has 0 aliphatic carbocycles. The van der Waals surface area contributed by atoms with Crippen molar-refractivity contribution in [1.82, 2.24) is 0 Å². The predicted octanol–water partition coefficient (Wildman–Crippen LogP) is 4.01. The molecular weight excluding hydrogens is 334 g/mol. The minimum atomic E-state index is 0.285. The van der Waals surface area contributed by atoms with Crippen LogP contribution in [0.15, 0.2) is 32.1 Å². The summed E-state index contributed by atoms with van der Waals surface area (Å²) in [5.41, 5.74) is 1.02. The van der Waals surface area contributed by atoms with E-state index in [0.29, 0.717) is 12.5 Å². The van der Waals surface area contributed by atoms with Crippen LogP contribution < -0.4 is 0 Å². The van der Waals surface area contributed by atoms with Crippen LogP contribution in [0.3, 0.4) is 0 Å².